The summed E-state index contributed by atoms with van der Waals surface area (Å²) in [6.45, 7) is 2.08. The highest BCUT2D eigenvalue weighted by molar-refractivity contribution is 8.01. The first-order valence-electron chi connectivity index (χ1n) is 6.79. The molecule has 0 aromatic heterocycles. The number of thioether (sulfide) groups is 1. The van der Waals surface area contributed by atoms with Gasteiger partial charge in [-0.05, 0) is 18.9 Å². The number of amides is 2. The lowest BCUT2D eigenvalue weighted by Gasteiger charge is -2.16. The molecule has 0 aliphatic carbocycles. The molecule has 0 bridgehead atoms. The number of likely N-dealkylation sites (tertiary alicyclic amines) is 1. The van der Waals surface area contributed by atoms with E-state index >= 15 is 0 Å². The van der Waals surface area contributed by atoms with Crippen LogP contribution in [0.1, 0.15) is 18.9 Å². The number of aliphatic carboxylic acids is 1. The molecule has 6 heteroatoms. The van der Waals surface area contributed by atoms with E-state index in [0.29, 0.717) is 13.0 Å². The van der Waals surface area contributed by atoms with Crippen LogP contribution in [0, 0.1) is 0 Å². The Kier molecular flexibility index (Phi) is 5.01. The summed E-state index contributed by atoms with van der Waals surface area (Å²) in [5.41, 5.74) is 0.904. The molecule has 0 spiro atoms. The van der Waals surface area contributed by atoms with Gasteiger partial charge in [-0.2, -0.15) is 0 Å². The largest absolute Gasteiger partial charge is 0.480 e. The SMILES string of the molecule is CCN1C(=O)CC(SC(Cc2ccccc2)C(=O)O)C1=O. The zero-order chi connectivity index (χ0) is 15.4. The molecule has 0 saturated carbocycles. The molecule has 1 N–H and O–H groups in total. The Morgan fingerprint density at radius 3 is 2.57 bits per heavy atom. The van der Waals surface area contributed by atoms with Gasteiger partial charge in [0, 0.05) is 13.0 Å². The van der Waals surface area contributed by atoms with Crippen LogP contribution in [0.5, 0.6) is 0 Å². The summed E-state index contributed by atoms with van der Waals surface area (Å²) in [5, 5.41) is 8.03. The maximum Gasteiger partial charge on any atom is 0.316 e. The Bertz CT molecular complexity index is 546. The molecule has 2 atom stereocenters. The molecule has 0 radical (unpaired) electrons. The molecule has 112 valence electrons. The highest BCUT2D eigenvalue weighted by atomic mass is 32.2. The highest BCUT2D eigenvalue weighted by Gasteiger charge is 2.40. The summed E-state index contributed by atoms with van der Waals surface area (Å²) in [4.78, 5) is 36.3. The second-order valence-electron chi connectivity index (χ2n) is 4.82. The number of rotatable bonds is 6. The van der Waals surface area contributed by atoms with E-state index in [4.69, 9.17) is 0 Å². The molecule has 2 unspecified atom stereocenters. The number of carbonyl (C=O) groups is 3. The highest BCUT2D eigenvalue weighted by Crippen LogP contribution is 2.30. The van der Waals surface area contributed by atoms with E-state index in [2.05, 4.69) is 0 Å². The second kappa shape index (κ2) is 6.76. The Balaban J connectivity index is 2.06. The molecule has 1 aliphatic heterocycles. The molecular weight excluding hydrogens is 290 g/mol. The van der Waals surface area contributed by atoms with Gasteiger partial charge in [0.25, 0.3) is 0 Å². The molecule has 1 saturated heterocycles. The monoisotopic (exact) mass is 307 g/mol. The van der Waals surface area contributed by atoms with E-state index in [0.717, 1.165) is 17.3 Å². The van der Waals surface area contributed by atoms with Crippen molar-refractivity contribution in [1.82, 2.24) is 4.90 Å². The van der Waals surface area contributed by atoms with Gasteiger partial charge in [0.1, 0.15) is 5.25 Å². The van der Waals surface area contributed by atoms with Gasteiger partial charge in [-0.1, -0.05) is 30.3 Å². The van der Waals surface area contributed by atoms with Gasteiger partial charge in [0.2, 0.25) is 11.8 Å². The fourth-order valence-corrected chi connectivity index (χ4v) is 3.60. The number of hydrogen-bond acceptors (Lipinski definition) is 4. The Morgan fingerprint density at radius 2 is 2.05 bits per heavy atom. The van der Waals surface area contributed by atoms with Crippen LogP contribution in [0.15, 0.2) is 30.3 Å². The predicted molar refractivity (Wildman–Crippen MR) is 80.0 cm³/mol. The Labute approximate surface area is 127 Å². The van der Waals surface area contributed by atoms with Crippen LogP contribution in [-0.2, 0) is 20.8 Å². The average molecular weight is 307 g/mol. The zero-order valence-corrected chi connectivity index (χ0v) is 12.5. The smallest absolute Gasteiger partial charge is 0.316 e. The minimum atomic E-state index is -0.959. The summed E-state index contributed by atoms with van der Waals surface area (Å²) in [7, 11) is 0. The third kappa shape index (κ3) is 3.64. The molecule has 5 nitrogen and oxygen atoms in total. The van der Waals surface area contributed by atoms with Gasteiger partial charge in [-0.15, -0.1) is 11.8 Å². The molecule has 1 aromatic rings. The van der Waals surface area contributed by atoms with Crippen molar-refractivity contribution < 1.29 is 19.5 Å². The lowest BCUT2D eigenvalue weighted by atomic mass is 10.1. The van der Waals surface area contributed by atoms with Crippen molar-refractivity contribution in [3.8, 4) is 0 Å². The van der Waals surface area contributed by atoms with E-state index in [1.807, 2.05) is 30.3 Å². The van der Waals surface area contributed by atoms with Gasteiger partial charge in [-0.25, -0.2) is 0 Å². The lowest BCUT2D eigenvalue weighted by Crippen LogP contribution is -2.32. The van der Waals surface area contributed by atoms with Crippen LogP contribution in [-0.4, -0.2) is 44.8 Å². The molecule has 1 aromatic carbocycles. The quantitative estimate of drug-likeness (QED) is 0.807. The number of hydrogen-bond donors (Lipinski definition) is 1. The van der Waals surface area contributed by atoms with Gasteiger partial charge in [-0.3, -0.25) is 19.3 Å². The van der Waals surface area contributed by atoms with E-state index in [-0.39, 0.29) is 18.2 Å². The summed E-state index contributed by atoms with van der Waals surface area (Å²) in [6.07, 6.45) is 0.431. The number of carboxylic acids is 1. The van der Waals surface area contributed by atoms with Crippen LogP contribution in [0.25, 0.3) is 0 Å². The summed E-state index contributed by atoms with van der Waals surface area (Å²) < 4.78 is 0. The number of benzene rings is 1. The Hall–Kier alpha value is -1.82. The van der Waals surface area contributed by atoms with Gasteiger partial charge in [0.05, 0.1) is 5.25 Å². The van der Waals surface area contributed by atoms with Crippen molar-refractivity contribution in [3.05, 3.63) is 35.9 Å². The third-order valence-electron chi connectivity index (χ3n) is 3.39. The van der Waals surface area contributed by atoms with E-state index < -0.39 is 16.5 Å². The fraction of sp³-hybridized carbons (Fsp3) is 0.400. The number of carboxylic acid groups (broad SMARTS) is 1. The molecule has 1 aliphatic rings. The lowest BCUT2D eigenvalue weighted by molar-refractivity contribution is -0.138. The summed E-state index contributed by atoms with van der Waals surface area (Å²) in [5.74, 6) is -1.45. The normalized spacial score (nSPS) is 19.9. The molecule has 21 heavy (non-hydrogen) atoms. The first-order valence-corrected chi connectivity index (χ1v) is 7.73. The first kappa shape index (κ1) is 15.6. The topological polar surface area (TPSA) is 74.7 Å². The van der Waals surface area contributed by atoms with Crippen molar-refractivity contribution in [1.29, 1.82) is 0 Å². The van der Waals surface area contributed by atoms with Crippen molar-refractivity contribution in [2.45, 2.75) is 30.3 Å². The molecule has 2 amide bonds. The molecule has 1 fully saturated rings. The van der Waals surface area contributed by atoms with E-state index in [1.54, 1.807) is 6.92 Å². The minimum Gasteiger partial charge on any atom is -0.480 e. The van der Waals surface area contributed by atoms with Crippen molar-refractivity contribution in [2.24, 2.45) is 0 Å². The summed E-state index contributed by atoms with van der Waals surface area (Å²) >= 11 is 1.07. The van der Waals surface area contributed by atoms with E-state index in [1.165, 1.54) is 4.90 Å². The van der Waals surface area contributed by atoms with Gasteiger partial charge < -0.3 is 5.11 Å². The standard InChI is InChI=1S/C15H17NO4S/c1-2-16-13(17)9-11(14(16)18)21-12(15(19)20)8-10-6-4-3-5-7-10/h3-7,11-12H,2,8-9H2,1H3,(H,19,20). The van der Waals surface area contributed by atoms with Crippen molar-refractivity contribution >= 4 is 29.5 Å². The number of nitrogens with zero attached hydrogens (tertiary/aromatic N) is 1. The molecule has 2 rings (SSSR count). The predicted octanol–water partition coefficient (Wildman–Crippen LogP) is 1.56. The maximum absolute atomic E-state index is 12.0. The van der Waals surface area contributed by atoms with Crippen LogP contribution in [0.2, 0.25) is 0 Å². The number of carbonyl (C=O) groups excluding carboxylic acids is 2. The second-order valence-corrected chi connectivity index (χ2v) is 6.23. The van der Waals surface area contributed by atoms with Crippen LogP contribution in [0.3, 0.4) is 0 Å². The number of imide groups is 1. The minimum absolute atomic E-state index is 0.0932. The first-order chi connectivity index (χ1) is 10.0. The summed E-state index contributed by atoms with van der Waals surface area (Å²) in [6, 6.07) is 9.28. The van der Waals surface area contributed by atoms with Gasteiger partial charge in [0.15, 0.2) is 0 Å². The van der Waals surface area contributed by atoms with Gasteiger partial charge >= 0.3 is 5.97 Å². The van der Waals surface area contributed by atoms with Crippen LogP contribution >= 0.6 is 11.8 Å². The Morgan fingerprint density at radius 1 is 1.38 bits per heavy atom. The van der Waals surface area contributed by atoms with Crippen LogP contribution in [0.4, 0.5) is 0 Å². The van der Waals surface area contributed by atoms with Crippen molar-refractivity contribution in [3.63, 3.8) is 0 Å². The fourth-order valence-electron chi connectivity index (χ4n) is 2.31. The van der Waals surface area contributed by atoms with E-state index in [9.17, 15) is 19.5 Å². The van der Waals surface area contributed by atoms with Crippen molar-refractivity contribution in [2.75, 3.05) is 6.54 Å². The maximum atomic E-state index is 12.0. The average Bonchev–Trinajstić information content (AvgIpc) is 2.73. The molecule has 1 heterocycles. The zero-order valence-electron chi connectivity index (χ0n) is 11.7. The van der Waals surface area contributed by atoms with Crippen LogP contribution < -0.4 is 0 Å². The molecular formula is C15H17NO4S. The third-order valence-corrected chi connectivity index (χ3v) is 4.78.